The Morgan fingerprint density at radius 1 is 1.31 bits per heavy atom. The minimum absolute atomic E-state index is 0.0400. The number of hydrogen-bond donors (Lipinski definition) is 3. The Morgan fingerprint density at radius 3 is 2.12 bits per heavy atom. The van der Waals surface area contributed by atoms with Crippen LogP contribution in [0.4, 0.5) is 0 Å². The zero-order chi connectivity index (χ0) is 12.9. The van der Waals surface area contributed by atoms with Gasteiger partial charge in [0.05, 0.1) is 6.42 Å². The second-order valence-electron chi connectivity index (χ2n) is 5.43. The molecule has 2 N–H and O–H groups in total. The van der Waals surface area contributed by atoms with Crippen molar-refractivity contribution in [3.05, 3.63) is 0 Å². The standard InChI is InChI=1S/C11H23NO3S/c1-11(2,3)7-8(6-9(13)14)10(15)12-16(4)5/h8,16H,6-7H2,1-5H3,(H,12,15)(H,13,14). The summed E-state index contributed by atoms with van der Waals surface area (Å²) in [5, 5.41) is 8.79. The van der Waals surface area contributed by atoms with E-state index in [-0.39, 0.29) is 17.7 Å². The van der Waals surface area contributed by atoms with Crippen LogP contribution in [0.15, 0.2) is 0 Å². The molecule has 4 nitrogen and oxygen atoms in total. The largest absolute Gasteiger partial charge is 0.481 e. The van der Waals surface area contributed by atoms with E-state index < -0.39 is 23.0 Å². The van der Waals surface area contributed by atoms with Crippen LogP contribution in [0.5, 0.6) is 0 Å². The summed E-state index contributed by atoms with van der Waals surface area (Å²) in [5.74, 6) is -1.48. The van der Waals surface area contributed by atoms with Gasteiger partial charge in [0.2, 0.25) is 5.91 Å². The van der Waals surface area contributed by atoms with Crippen LogP contribution in [-0.2, 0) is 9.59 Å². The summed E-state index contributed by atoms with van der Waals surface area (Å²) >= 11 is -0.531. The Morgan fingerprint density at radius 2 is 1.81 bits per heavy atom. The molecule has 1 amide bonds. The first-order valence-corrected chi connectivity index (χ1v) is 7.55. The lowest BCUT2D eigenvalue weighted by atomic mass is 9.83. The summed E-state index contributed by atoms with van der Waals surface area (Å²) in [5.41, 5.74) is -0.0400. The maximum Gasteiger partial charge on any atom is 0.304 e. The molecule has 0 fully saturated rings. The third-order valence-electron chi connectivity index (χ3n) is 1.98. The molecule has 0 aromatic heterocycles. The molecule has 0 heterocycles. The molecule has 1 atom stereocenters. The molecule has 1 unspecified atom stereocenters. The predicted molar refractivity (Wildman–Crippen MR) is 68.8 cm³/mol. The van der Waals surface area contributed by atoms with Crippen LogP contribution in [-0.4, -0.2) is 29.5 Å². The lowest BCUT2D eigenvalue weighted by Crippen LogP contribution is -2.32. The molecule has 0 saturated heterocycles. The van der Waals surface area contributed by atoms with E-state index in [0.29, 0.717) is 6.42 Å². The van der Waals surface area contributed by atoms with Crippen molar-refractivity contribution in [1.29, 1.82) is 0 Å². The number of aliphatic carboxylic acids is 1. The molecule has 96 valence electrons. The molecule has 0 bridgehead atoms. The number of carboxylic acids is 1. The van der Waals surface area contributed by atoms with Crippen molar-refractivity contribution >= 4 is 23.0 Å². The van der Waals surface area contributed by atoms with E-state index in [1.807, 2.05) is 33.3 Å². The fourth-order valence-electron chi connectivity index (χ4n) is 1.52. The normalized spacial score (nSPS) is 14.2. The van der Waals surface area contributed by atoms with Gasteiger partial charge in [0.1, 0.15) is 0 Å². The van der Waals surface area contributed by atoms with Gasteiger partial charge in [-0.2, -0.15) is 11.1 Å². The Balaban J connectivity index is 4.53. The van der Waals surface area contributed by atoms with Crippen molar-refractivity contribution < 1.29 is 14.7 Å². The molecule has 0 radical (unpaired) electrons. The van der Waals surface area contributed by atoms with E-state index in [1.54, 1.807) is 0 Å². The summed E-state index contributed by atoms with van der Waals surface area (Å²) in [7, 11) is 0. The molecule has 0 aliphatic heterocycles. The van der Waals surface area contributed by atoms with Crippen molar-refractivity contribution in [2.24, 2.45) is 11.3 Å². The smallest absolute Gasteiger partial charge is 0.304 e. The van der Waals surface area contributed by atoms with Crippen LogP contribution in [0.3, 0.4) is 0 Å². The highest BCUT2D eigenvalue weighted by Crippen LogP contribution is 2.27. The number of carbonyl (C=O) groups is 2. The Kier molecular flexibility index (Phi) is 5.86. The van der Waals surface area contributed by atoms with Crippen LogP contribution in [0.1, 0.15) is 33.6 Å². The third-order valence-corrected chi connectivity index (χ3v) is 2.65. The number of carbonyl (C=O) groups excluding carboxylic acids is 1. The number of nitrogens with one attached hydrogen (secondary N) is 1. The summed E-state index contributed by atoms with van der Waals surface area (Å²) in [6.07, 6.45) is 4.37. The molecule has 0 rings (SSSR count). The Hall–Kier alpha value is -0.710. The second kappa shape index (κ2) is 6.13. The Labute approximate surface area is 100 Å². The average molecular weight is 249 g/mol. The first kappa shape index (κ1) is 15.3. The summed E-state index contributed by atoms with van der Waals surface area (Å²) in [6, 6.07) is 0. The molecule has 0 saturated carbocycles. The molecule has 5 heteroatoms. The van der Waals surface area contributed by atoms with E-state index in [4.69, 9.17) is 5.11 Å². The zero-order valence-electron chi connectivity index (χ0n) is 10.7. The maximum absolute atomic E-state index is 11.8. The summed E-state index contributed by atoms with van der Waals surface area (Å²) in [6.45, 7) is 6.03. The molecule has 0 aromatic rings. The van der Waals surface area contributed by atoms with E-state index in [1.165, 1.54) is 0 Å². The van der Waals surface area contributed by atoms with E-state index >= 15 is 0 Å². The first-order valence-electron chi connectivity index (χ1n) is 5.31. The Bertz CT molecular complexity index is 258. The highest BCUT2D eigenvalue weighted by Gasteiger charge is 2.27. The van der Waals surface area contributed by atoms with Crippen molar-refractivity contribution in [2.75, 3.05) is 12.5 Å². The van der Waals surface area contributed by atoms with E-state index in [0.717, 1.165) is 0 Å². The number of carboxylic acid groups (broad SMARTS) is 1. The topological polar surface area (TPSA) is 66.4 Å². The molecule has 0 aliphatic carbocycles. The van der Waals surface area contributed by atoms with Crippen molar-refractivity contribution in [1.82, 2.24) is 4.72 Å². The van der Waals surface area contributed by atoms with Crippen LogP contribution < -0.4 is 4.72 Å². The summed E-state index contributed by atoms with van der Waals surface area (Å²) in [4.78, 5) is 22.5. The van der Waals surface area contributed by atoms with Gasteiger partial charge in [-0.05, 0) is 24.3 Å². The molecule has 0 aromatic carbocycles. The van der Waals surface area contributed by atoms with Gasteiger partial charge in [0, 0.05) is 5.92 Å². The number of rotatable bonds is 5. The predicted octanol–water partition coefficient (Wildman–Crippen LogP) is 1.81. The van der Waals surface area contributed by atoms with Gasteiger partial charge in [-0.15, -0.1) is 0 Å². The number of amides is 1. The van der Waals surface area contributed by atoms with Gasteiger partial charge in [0.25, 0.3) is 0 Å². The van der Waals surface area contributed by atoms with Gasteiger partial charge in [0.15, 0.2) is 0 Å². The van der Waals surface area contributed by atoms with Crippen LogP contribution in [0, 0.1) is 11.3 Å². The lowest BCUT2D eigenvalue weighted by Gasteiger charge is -2.25. The first-order chi connectivity index (χ1) is 7.11. The zero-order valence-corrected chi connectivity index (χ0v) is 11.6. The van der Waals surface area contributed by atoms with Gasteiger partial charge < -0.3 is 9.83 Å². The monoisotopic (exact) mass is 249 g/mol. The molecule has 0 aliphatic rings. The highest BCUT2D eigenvalue weighted by atomic mass is 32.2. The third kappa shape index (κ3) is 7.56. The molecule has 16 heavy (non-hydrogen) atoms. The van der Waals surface area contributed by atoms with Gasteiger partial charge in [-0.1, -0.05) is 20.8 Å². The van der Waals surface area contributed by atoms with Gasteiger partial charge in [-0.3, -0.25) is 9.59 Å². The molecular formula is C11H23NO3S. The highest BCUT2D eigenvalue weighted by molar-refractivity contribution is 8.14. The van der Waals surface area contributed by atoms with Crippen molar-refractivity contribution in [3.8, 4) is 0 Å². The van der Waals surface area contributed by atoms with Gasteiger partial charge >= 0.3 is 5.97 Å². The molecule has 0 spiro atoms. The number of hydrogen-bond acceptors (Lipinski definition) is 2. The van der Waals surface area contributed by atoms with Gasteiger partial charge in [-0.25, -0.2) is 0 Å². The minimum atomic E-state index is -0.916. The summed E-state index contributed by atoms with van der Waals surface area (Å²) < 4.78 is 2.83. The average Bonchev–Trinajstić information content (AvgIpc) is 1.97. The van der Waals surface area contributed by atoms with E-state index in [2.05, 4.69) is 4.72 Å². The van der Waals surface area contributed by atoms with Crippen LogP contribution in [0.2, 0.25) is 0 Å². The quantitative estimate of drug-likeness (QED) is 0.651. The second-order valence-corrected chi connectivity index (χ2v) is 7.44. The SMILES string of the molecule is C[SH](C)NC(=O)C(CC(=O)O)CC(C)(C)C. The van der Waals surface area contributed by atoms with E-state index in [9.17, 15) is 9.59 Å². The minimum Gasteiger partial charge on any atom is -0.481 e. The lowest BCUT2D eigenvalue weighted by molar-refractivity contribution is -0.141. The van der Waals surface area contributed by atoms with Crippen LogP contribution in [0.25, 0.3) is 0 Å². The fourth-order valence-corrected chi connectivity index (χ4v) is 2.14. The maximum atomic E-state index is 11.8. The molecular weight excluding hydrogens is 226 g/mol. The number of thiol groups is 1. The van der Waals surface area contributed by atoms with Crippen molar-refractivity contribution in [3.63, 3.8) is 0 Å². The van der Waals surface area contributed by atoms with Crippen molar-refractivity contribution in [2.45, 2.75) is 33.6 Å². The van der Waals surface area contributed by atoms with Crippen LogP contribution >= 0.6 is 11.1 Å². The fraction of sp³-hybridized carbons (Fsp3) is 0.818.